The number of hydrogen-bond acceptors (Lipinski definition) is 4. The van der Waals surface area contributed by atoms with Crippen LogP contribution in [0.2, 0.25) is 0 Å². The van der Waals surface area contributed by atoms with Gasteiger partial charge in [0.05, 0.1) is 12.2 Å². The number of rotatable bonds is 6. The van der Waals surface area contributed by atoms with Gasteiger partial charge in [0.1, 0.15) is 5.82 Å². The summed E-state index contributed by atoms with van der Waals surface area (Å²) < 4.78 is 4.03. The molecule has 1 unspecified atom stereocenters. The first-order chi connectivity index (χ1) is 12.3. The molecule has 0 saturated heterocycles. The highest BCUT2D eigenvalue weighted by atomic mass is 15.3. The third-order valence-electron chi connectivity index (χ3n) is 4.56. The third kappa shape index (κ3) is 3.91. The fraction of sp³-hybridized carbons (Fsp3) is 0.368. The molecule has 3 aromatic rings. The molecule has 1 atom stereocenters. The molecule has 0 spiro atoms. The Hall–Kier alpha value is -2.60. The number of nitrogens with zero attached hydrogens (tertiary/aromatic N) is 4. The normalized spacial score (nSPS) is 16.4. The Bertz CT molecular complexity index is 820. The van der Waals surface area contributed by atoms with E-state index in [0.29, 0.717) is 5.92 Å². The van der Waals surface area contributed by atoms with Crippen LogP contribution in [-0.4, -0.2) is 32.7 Å². The smallest absolute Gasteiger partial charge is 0.124 e. The van der Waals surface area contributed by atoms with E-state index >= 15 is 0 Å². The highest BCUT2D eigenvalue weighted by molar-refractivity contribution is 5.38. The summed E-state index contributed by atoms with van der Waals surface area (Å²) in [6, 6.07) is 12.8. The number of anilines is 1. The summed E-state index contributed by atoms with van der Waals surface area (Å²) in [5, 5.41) is 15.9. The number of fused-ring (bicyclic) bond motifs is 1. The summed E-state index contributed by atoms with van der Waals surface area (Å²) in [6.07, 6.45) is 3.81. The summed E-state index contributed by atoms with van der Waals surface area (Å²) in [5.41, 5.74) is 3.66. The van der Waals surface area contributed by atoms with Crippen molar-refractivity contribution >= 4 is 5.82 Å². The second-order valence-electron chi connectivity index (χ2n) is 6.75. The molecule has 130 valence electrons. The van der Waals surface area contributed by atoms with Gasteiger partial charge in [-0.05, 0) is 24.1 Å². The minimum absolute atomic E-state index is 0.555. The van der Waals surface area contributed by atoms with Gasteiger partial charge < -0.3 is 10.6 Å². The molecule has 2 aromatic heterocycles. The SMILES string of the molecule is Cc1cc2n(n1)CC(CNCc1cccc(Cn3cccn3)c1)CN2. The summed E-state index contributed by atoms with van der Waals surface area (Å²) >= 11 is 0. The van der Waals surface area contributed by atoms with Crippen LogP contribution >= 0.6 is 0 Å². The van der Waals surface area contributed by atoms with Gasteiger partial charge in [-0.2, -0.15) is 10.2 Å². The van der Waals surface area contributed by atoms with Gasteiger partial charge in [-0.1, -0.05) is 24.3 Å². The maximum absolute atomic E-state index is 4.53. The molecule has 6 heteroatoms. The van der Waals surface area contributed by atoms with Crippen LogP contribution in [0.1, 0.15) is 16.8 Å². The molecule has 25 heavy (non-hydrogen) atoms. The first-order valence-electron chi connectivity index (χ1n) is 8.80. The van der Waals surface area contributed by atoms with Crippen LogP contribution < -0.4 is 10.6 Å². The highest BCUT2D eigenvalue weighted by Gasteiger charge is 2.18. The average Bonchev–Trinajstić information content (AvgIpc) is 3.23. The van der Waals surface area contributed by atoms with Crippen LogP contribution in [-0.2, 0) is 19.6 Å². The molecular weight excluding hydrogens is 312 g/mol. The summed E-state index contributed by atoms with van der Waals surface area (Å²) in [5.74, 6) is 1.69. The van der Waals surface area contributed by atoms with Crippen molar-refractivity contribution in [3.63, 3.8) is 0 Å². The van der Waals surface area contributed by atoms with Crippen molar-refractivity contribution in [3.05, 3.63) is 65.6 Å². The second-order valence-corrected chi connectivity index (χ2v) is 6.75. The van der Waals surface area contributed by atoms with E-state index in [1.165, 1.54) is 11.1 Å². The molecule has 0 bridgehead atoms. The predicted molar refractivity (Wildman–Crippen MR) is 98.4 cm³/mol. The second kappa shape index (κ2) is 7.11. The van der Waals surface area contributed by atoms with Crippen molar-refractivity contribution in [2.75, 3.05) is 18.4 Å². The van der Waals surface area contributed by atoms with Gasteiger partial charge in [-0.15, -0.1) is 0 Å². The molecule has 4 rings (SSSR count). The van der Waals surface area contributed by atoms with Crippen LogP contribution in [0.15, 0.2) is 48.8 Å². The molecule has 0 fully saturated rings. The molecule has 6 nitrogen and oxygen atoms in total. The Morgan fingerprint density at radius 1 is 1.24 bits per heavy atom. The van der Waals surface area contributed by atoms with Crippen molar-refractivity contribution in [1.29, 1.82) is 0 Å². The molecule has 2 N–H and O–H groups in total. The predicted octanol–water partition coefficient (Wildman–Crippen LogP) is 2.27. The molecule has 0 radical (unpaired) electrons. The molecule has 0 aliphatic carbocycles. The Kier molecular flexibility index (Phi) is 4.52. The minimum Gasteiger partial charge on any atom is -0.370 e. The summed E-state index contributed by atoms with van der Waals surface area (Å²) in [4.78, 5) is 0. The highest BCUT2D eigenvalue weighted by Crippen LogP contribution is 2.18. The standard InChI is InChI=1S/C19H24N6/c1-15-8-19-21-12-18(14-25(19)23-15)11-20-10-16-4-2-5-17(9-16)13-24-7-3-6-22-24/h2-9,18,20-21H,10-14H2,1H3. The van der Waals surface area contributed by atoms with E-state index in [-0.39, 0.29) is 0 Å². The number of aromatic nitrogens is 4. The maximum atomic E-state index is 4.53. The fourth-order valence-electron chi connectivity index (χ4n) is 3.36. The molecule has 1 aliphatic heterocycles. The van der Waals surface area contributed by atoms with Crippen LogP contribution in [0.4, 0.5) is 5.82 Å². The van der Waals surface area contributed by atoms with Gasteiger partial charge in [0.15, 0.2) is 0 Å². The first-order valence-corrected chi connectivity index (χ1v) is 8.80. The van der Waals surface area contributed by atoms with Crippen molar-refractivity contribution in [2.45, 2.75) is 26.6 Å². The number of nitrogens with one attached hydrogen (secondary N) is 2. The van der Waals surface area contributed by atoms with E-state index in [9.17, 15) is 0 Å². The quantitative estimate of drug-likeness (QED) is 0.725. The van der Waals surface area contributed by atoms with Crippen LogP contribution in [0, 0.1) is 12.8 Å². The Labute approximate surface area is 147 Å². The zero-order valence-electron chi connectivity index (χ0n) is 14.5. The van der Waals surface area contributed by atoms with E-state index < -0.39 is 0 Å². The van der Waals surface area contributed by atoms with Gasteiger partial charge in [-0.3, -0.25) is 4.68 Å². The molecule has 1 aromatic carbocycles. The lowest BCUT2D eigenvalue weighted by Crippen LogP contribution is -2.35. The third-order valence-corrected chi connectivity index (χ3v) is 4.56. The zero-order chi connectivity index (χ0) is 17.1. The Morgan fingerprint density at radius 3 is 3.04 bits per heavy atom. The zero-order valence-corrected chi connectivity index (χ0v) is 14.5. The van der Waals surface area contributed by atoms with Gasteiger partial charge >= 0.3 is 0 Å². The van der Waals surface area contributed by atoms with Gasteiger partial charge in [0.25, 0.3) is 0 Å². The van der Waals surface area contributed by atoms with E-state index in [1.54, 1.807) is 0 Å². The molecule has 0 amide bonds. The van der Waals surface area contributed by atoms with E-state index in [4.69, 9.17) is 0 Å². The monoisotopic (exact) mass is 336 g/mol. The van der Waals surface area contributed by atoms with Gasteiger partial charge in [0, 0.05) is 50.6 Å². The minimum atomic E-state index is 0.555. The van der Waals surface area contributed by atoms with Gasteiger partial charge in [0.2, 0.25) is 0 Å². The van der Waals surface area contributed by atoms with Crippen LogP contribution in [0.25, 0.3) is 0 Å². The maximum Gasteiger partial charge on any atom is 0.124 e. The largest absolute Gasteiger partial charge is 0.370 e. The lowest BCUT2D eigenvalue weighted by Gasteiger charge is -2.25. The average molecular weight is 336 g/mol. The Balaban J connectivity index is 1.29. The summed E-state index contributed by atoms with van der Waals surface area (Å²) in [7, 11) is 0. The number of hydrogen-bond donors (Lipinski definition) is 2. The topological polar surface area (TPSA) is 59.7 Å². The first kappa shape index (κ1) is 15.9. The molecular formula is C19H24N6. The van der Waals surface area contributed by atoms with Crippen molar-refractivity contribution < 1.29 is 0 Å². The van der Waals surface area contributed by atoms with E-state index in [0.717, 1.165) is 44.2 Å². The van der Waals surface area contributed by atoms with Crippen LogP contribution in [0.3, 0.4) is 0 Å². The fourth-order valence-corrected chi connectivity index (χ4v) is 3.36. The number of aryl methyl sites for hydroxylation is 1. The number of benzene rings is 1. The van der Waals surface area contributed by atoms with E-state index in [1.807, 2.05) is 30.1 Å². The van der Waals surface area contributed by atoms with Crippen molar-refractivity contribution in [3.8, 4) is 0 Å². The van der Waals surface area contributed by atoms with Crippen molar-refractivity contribution in [2.24, 2.45) is 5.92 Å². The molecule has 1 aliphatic rings. The van der Waals surface area contributed by atoms with Gasteiger partial charge in [-0.25, -0.2) is 4.68 Å². The lowest BCUT2D eigenvalue weighted by molar-refractivity contribution is 0.390. The lowest BCUT2D eigenvalue weighted by atomic mass is 10.1. The molecule has 3 heterocycles. The van der Waals surface area contributed by atoms with Crippen molar-refractivity contribution in [1.82, 2.24) is 24.9 Å². The van der Waals surface area contributed by atoms with E-state index in [2.05, 4.69) is 55.8 Å². The molecule has 0 saturated carbocycles. The van der Waals surface area contributed by atoms with Crippen LogP contribution in [0.5, 0.6) is 0 Å². The summed E-state index contributed by atoms with van der Waals surface area (Å²) in [6.45, 7) is 6.69. The Morgan fingerprint density at radius 2 is 2.16 bits per heavy atom.